The Balaban J connectivity index is 2.73. The topological polar surface area (TPSA) is 42.9 Å². The molecule has 0 saturated carbocycles. The van der Waals surface area contributed by atoms with Crippen molar-refractivity contribution in [2.24, 2.45) is 0 Å². The molecule has 0 aliphatic heterocycles. The van der Waals surface area contributed by atoms with E-state index in [0.717, 1.165) is 6.33 Å². The fourth-order valence-electron chi connectivity index (χ4n) is 1.40. The number of carbonyl (C=O) groups is 1. The van der Waals surface area contributed by atoms with Crippen LogP contribution in [0.4, 0.5) is 13.2 Å². The van der Waals surface area contributed by atoms with Gasteiger partial charge >= 0.3 is 0 Å². The lowest BCUT2D eigenvalue weighted by molar-refractivity contribution is 0.112. The maximum absolute atomic E-state index is 13.5. The molecule has 0 fully saturated rings. The van der Waals surface area contributed by atoms with Crippen molar-refractivity contribution in [3.05, 3.63) is 46.6 Å². The van der Waals surface area contributed by atoms with Crippen molar-refractivity contribution in [1.82, 2.24) is 9.97 Å². The molecule has 1 heterocycles. The minimum Gasteiger partial charge on any atom is -0.298 e. The van der Waals surface area contributed by atoms with Gasteiger partial charge in [-0.05, 0) is 6.07 Å². The summed E-state index contributed by atoms with van der Waals surface area (Å²) in [6.45, 7) is 0. The van der Waals surface area contributed by atoms with Crippen LogP contribution in [-0.2, 0) is 0 Å². The molecular weight excluding hydrogens is 269 g/mol. The fourth-order valence-corrected chi connectivity index (χ4v) is 1.57. The molecule has 2 aromatic rings. The molecule has 7 heteroatoms. The summed E-state index contributed by atoms with van der Waals surface area (Å²) in [4.78, 5) is 18.0. The Morgan fingerprint density at radius 2 is 1.72 bits per heavy atom. The van der Waals surface area contributed by atoms with Gasteiger partial charge < -0.3 is 0 Å². The molecule has 0 bridgehead atoms. The molecule has 0 aliphatic carbocycles. The molecule has 0 N–H and O–H groups in total. The number of carbonyl (C=O) groups excluding carboxylic acids is 1. The standard InChI is InChI=1S/C11H4ClF3N2O/c12-11-6(3-18)10(16-4-17-11)5-1-8(14)9(15)2-7(5)13/h1-4H. The third-order valence-electron chi connectivity index (χ3n) is 2.22. The van der Waals surface area contributed by atoms with Crippen LogP contribution in [0.25, 0.3) is 11.3 Å². The van der Waals surface area contributed by atoms with E-state index in [0.29, 0.717) is 18.4 Å². The predicted octanol–water partition coefficient (Wildman–Crippen LogP) is 3.03. The van der Waals surface area contributed by atoms with Crippen LogP contribution in [0, 0.1) is 17.5 Å². The zero-order valence-electron chi connectivity index (χ0n) is 8.62. The molecule has 0 atom stereocenters. The Kier molecular flexibility index (Phi) is 3.29. The number of hydrogen-bond donors (Lipinski definition) is 0. The summed E-state index contributed by atoms with van der Waals surface area (Å²) in [5.74, 6) is -3.63. The molecule has 0 spiro atoms. The third kappa shape index (κ3) is 2.06. The van der Waals surface area contributed by atoms with Gasteiger partial charge in [-0.15, -0.1) is 0 Å². The molecule has 18 heavy (non-hydrogen) atoms. The number of rotatable bonds is 2. The van der Waals surface area contributed by atoms with Gasteiger partial charge in [-0.2, -0.15) is 0 Å². The first kappa shape index (κ1) is 12.5. The van der Waals surface area contributed by atoms with Gasteiger partial charge in [0, 0.05) is 11.6 Å². The van der Waals surface area contributed by atoms with Gasteiger partial charge in [0.25, 0.3) is 0 Å². The second-order valence-corrected chi connectivity index (χ2v) is 3.65. The number of benzene rings is 1. The van der Waals surface area contributed by atoms with Crippen LogP contribution in [0.2, 0.25) is 5.15 Å². The summed E-state index contributed by atoms with van der Waals surface area (Å²) in [5.41, 5.74) is -0.745. The normalized spacial score (nSPS) is 10.4. The largest absolute Gasteiger partial charge is 0.298 e. The van der Waals surface area contributed by atoms with E-state index in [1.54, 1.807) is 0 Å². The first-order valence-electron chi connectivity index (χ1n) is 4.65. The van der Waals surface area contributed by atoms with E-state index < -0.39 is 17.5 Å². The summed E-state index contributed by atoms with van der Waals surface area (Å²) < 4.78 is 39.4. The van der Waals surface area contributed by atoms with Crippen molar-refractivity contribution in [3.63, 3.8) is 0 Å². The first-order chi connectivity index (χ1) is 8.54. The molecule has 2 rings (SSSR count). The molecule has 0 saturated heterocycles. The van der Waals surface area contributed by atoms with Gasteiger partial charge in [-0.3, -0.25) is 4.79 Å². The van der Waals surface area contributed by atoms with E-state index in [-0.39, 0.29) is 22.0 Å². The number of nitrogens with zero attached hydrogens (tertiary/aromatic N) is 2. The van der Waals surface area contributed by atoms with Gasteiger partial charge in [0.1, 0.15) is 17.3 Å². The summed E-state index contributed by atoms with van der Waals surface area (Å²) in [6.07, 6.45) is 1.31. The molecule has 3 nitrogen and oxygen atoms in total. The minimum atomic E-state index is -1.33. The zero-order valence-corrected chi connectivity index (χ0v) is 9.38. The minimum absolute atomic E-state index is 0.191. The van der Waals surface area contributed by atoms with Crippen LogP contribution in [0.1, 0.15) is 10.4 Å². The van der Waals surface area contributed by atoms with Crippen LogP contribution in [0.15, 0.2) is 18.5 Å². The summed E-state index contributed by atoms with van der Waals surface area (Å²) in [5, 5.41) is -0.195. The molecule has 1 aromatic heterocycles. The van der Waals surface area contributed by atoms with Crippen molar-refractivity contribution in [2.75, 3.05) is 0 Å². The van der Waals surface area contributed by atoms with Crippen LogP contribution < -0.4 is 0 Å². The van der Waals surface area contributed by atoms with Gasteiger partial charge in [0.15, 0.2) is 17.9 Å². The molecule has 0 aliphatic rings. The van der Waals surface area contributed by atoms with Crippen LogP contribution in [0.3, 0.4) is 0 Å². The van der Waals surface area contributed by atoms with Crippen molar-refractivity contribution >= 4 is 17.9 Å². The summed E-state index contributed by atoms with van der Waals surface area (Å²) in [7, 11) is 0. The summed E-state index contributed by atoms with van der Waals surface area (Å²) >= 11 is 5.63. The van der Waals surface area contributed by atoms with Crippen LogP contribution in [0.5, 0.6) is 0 Å². The summed E-state index contributed by atoms with van der Waals surface area (Å²) in [6, 6.07) is 0.978. The Hall–Kier alpha value is -1.95. The van der Waals surface area contributed by atoms with E-state index in [9.17, 15) is 18.0 Å². The van der Waals surface area contributed by atoms with Gasteiger partial charge in [-0.1, -0.05) is 11.6 Å². The number of halogens is 4. The Labute approximate surface area is 104 Å². The first-order valence-corrected chi connectivity index (χ1v) is 5.03. The van der Waals surface area contributed by atoms with Crippen molar-refractivity contribution < 1.29 is 18.0 Å². The van der Waals surface area contributed by atoms with Crippen LogP contribution in [-0.4, -0.2) is 16.3 Å². The molecule has 92 valence electrons. The van der Waals surface area contributed by atoms with Gasteiger partial charge in [-0.25, -0.2) is 23.1 Å². The second kappa shape index (κ2) is 4.73. The Morgan fingerprint density at radius 1 is 1.06 bits per heavy atom. The number of aromatic nitrogens is 2. The molecule has 0 amide bonds. The molecule has 0 unspecified atom stereocenters. The zero-order chi connectivity index (χ0) is 13.3. The van der Waals surface area contributed by atoms with Crippen molar-refractivity contribution in [2.45, 2.75) is 0 Å². The smallest absolute Gasteiger partial charge is 0.161 e. The van der Waals surface area contributed by atoms with Crippen molar-refractivity contribution in [1.29, 1.82) is 0 Å². The maximum Gasteiger partial charge on any atom is 0.161 e. The maximum atomic E-state index is 13.5. The van der Waals surface area contributed by atoms with E-state index in [2.05, 4.69) is 9.97 Å². The highest BCUT2D eigenvalue weighted by Crippen LogP contribution is 2.28. The average molecular weight is 273 g/mol. The highest BCUT2D eigenvalue weighted by Gasteiger charge is 2.17. The monoisotopic (exact) mass is 272 g/mol. The second-order valence-electron chi connectivity index (χ2n) is 3.29. The van der Waals surface area contributed by atoms with E-state index in [1.807, 2.05) is 0 Å². The van der Waals surface area contributed by atoms with Gasteiger partial charge in [0.2, 0.25) is 0 Å². The highest BCUT2D eigenvalue weighted by molar-refractivity contribution is 6.32. The van der Waals surface area contributed by atoms with Crippen molar-refractivity contribution in [3.8, 4) is 11.3 Å². The van der Waals surface area contributed by atoms with E-state index in [4.69, 9.17) is 11.6 Å². The van der Waals surface area contributed by atoms with Gasteiger partial charge in [0.05, 0.1) is 11.3 Å². The average Bonchev–Trinajstić information content (AvgIpc) is 2.33. The Bertz CT molecular complexity index is 634. The lowest BCUT2D eigenvalue weighted by Crippen LogP contribution is -1.99. The van der Waals surface area contributed by atoms with E-state index in [1.165, 1.54) is 0 Å². The molecule has 0 radical (unpaired) electrons. The fraction of sp³-hybridized carbons (Fsp3) is 0. The number of hydrogen-bond acceptors (Lipinski definition) is 3. The quantitative estimate of drug-likeness (QED) is 0.479. The predicted molar refractivity (Wildman–Crippen MR) is 57.7 cm³/mol. The van der Waals surface area contributed by atoms with Crippen LogP contribution >= 0.6 is 11.6 Å². The molecular formula is C11H4ClF3N2O. The molecule has 1 aromatic carbocycles. The third-order valence-corrected chi connectivity index (χ3v) is 2.52. The highest BCUT2D eigenvalue weighted by atomic mass is 35.5. The SMILES string of the molecule is O=Cc1c(Cl)ncnc1-c1cc(F)c(F)cc1F. The number of aldehydes is 1. The lowest BCUT2D eigenvalue weighted by Gasteiger charge is -2.06. The lowest BCUT2D eigenvalue weighted by atomic mass is 10.1. The Morgan fingerprint density at radius 3 is 2.39 bits per heavy atom. The van der Waals surface area contributed by atoms with E-state index >= 15 is 0 Å².